The standard InChI is InChI=1S/C6H14O2.C4H10O3/c1-2-3-5-8-6-4-7;5-1-3-7-4-2-6/h7H,2-6H2,1H3;5-6H,1-4H2. The molecular formula is C10H24O5. The van der Waals surface area contributed by atoms with E-state index in [1.165, 1.54) is 0 Å². The molecule has 0 spiro atoms. The van der Waals surface area contributed by atoms with Crippen molar-refractivity contribution >= 4 is 0 Å². The molecule has 0 amide bonds. The average molecular weight is 224 g/mol. The van der Waals surface area contributed by atoms with Crippen molar-refractivity contribution in [2.24, 2.45) is 0 Å². The Kier molecular flexibility index (Phi) is 22.2. The van der Waals surface area contributed by atoms with E-state index in [1.807, 2.05) is 0 Å². The van der Waals surface area contributed by atoms with Crippen LogP contribution in [0.3, 0.4) is 0 Å². The van der Waals surface area contributed by atoms with E-state index in [4.69, 9.17) is 20.1 Å². The highest BCUT2D eigenvalue weighted by Gasteiger charge is 1.82. The van der Waals surface area contributed by atoms with Crippen LogP contribution in [-0.2, 0) is 9.47 Å². The van der Waals surface area contributed by atoms with E-state index in [0.29, 0.717) is 19.8 Å². The van der Waals surface area contributed by atoms with E-state index < -0.39 is 0 Å². The quantitative estimate of drug-likeness (QED) is 0.472. The molecule has 0 aromatic carbocycles. The summed E-state index contributed by atoms with van der Waals surface area (Å²) in [6.45, 7) is 4.23. The summed E-state index contributed by atoms with van der Waals surface area (Å²) in [6.07, 6.45) is 2.26. The second-order valence-corrected chi connectivity index (χ2v) is 2.75. The lowest BCUT2D eigenvalue weighted by molar-refractivity contribution is 0.0650. The third kappa shape index (κ3) is 24.8. The van der Waals surface area contributed by atoms with Crippen LogP contribution >= 0.6 is 0 Å². The Balaban J connectivity index is 0. The van der Waals surface area contributed by atoms with E-state index >= 15 is 0 Å². The van der Waals surface area contributed by atoms with Gasteiger partial charge in [-0.25, -0.2) is 0 Å². The molecule has 0 rings (SSSR count). The van der Waals surface area contributed by atoms with Crippen LogP contribution in [0.4, 0.5) is 0 Å². The molecule has 0 saturated heterocycles. The van der Waals surface area contributed by atoms with Gasteiger partial charge in [-0.2, -0.15) is 0 Å². The molecule has 0 radical (unpaired) electrons. The average Bonchev–Trinajstić information content (AvgIpc) is 2.26. The zero-order valence-corrected chi connectivity index (χ0v) is 9.52. The summed E-state index contributed by atoms with van der Waals surface area (Å²) in [7, 11) is 0. The summed E-state index contributed by atoms with van der Waals surface area (Å²) in [5.41, 5.74) is 0. The zero-order chi connectivity index (χ0) is 11.8. The van der Waals surface area contributed by atoms with Crippen molar-refractivity contribution in [1.29, 1.82) is 0 Å². The van der Waals surface area contributed by atoms with Crippen LogP contribution in [0, 0.1) is 0 Å². The normalized spacial score (nSPS) is 9.60. The lowest BCUT2D eigenvalue weighted by atomic mass is 10.4. The van der Waals surface area contributed by atoms with Crippen molar-refractivity contribution in [3.8, 4) is 0 Å². The van der Waals surface area contributed by atoms with Gasteiger partial charge in [0.1, 0.15) is 0 Å². The van der Waals surface area contributed by atoms with E-state index in [0.717, 1.165) is 19.4 Å². The van der Waals surface area contributed by atoms with E-state index in [9.17, 15) is 0 Å². The molecule has 0 aliphatic carbocycles. The second kappa shape index (κ2) is 19.4. The van der Waals surface area contributed by atoms with Crippen molar-refractivity contribution in [2.45, 2.75) is 19.8 Å². The number of ether oxygens (including phenoxy) is 2. The molecule has 15 heavy (non-hydrogen) atoms. The predicted octanol–water partition coefficient (Wildman–Crippen LogP) is -0.217. The second-order valence-electron chi connectivity index (χ2n) is 2.75. The van der Waals surface area contributed by atoms with Gasteiger partial charge < -0.3 is 24.8 Å². The van der Waals surface area contributed by atoms with Gasteiger partial charge in [-0.3, -0.25) is 0 Å². The first kappa shape index (κ1) is 17.2. The maximum Gasteiger partial charge on any atom is 0.0698 e. The molecule has 0 bridgehead atoms. The van der Waals surface area contributed by atoms with Gasteiger partial charge in [0, 0.05) is 6.61 Å². The van der Waals surface area contributed by atoms with Crippen molar-refractivity contribution in [3.63, 3.8) is 0 Å². The fourth-order valence-corrected chi connectivity index (χ4v) is 0.644. The number of hydrogen-bond donors (Lipinski definition) is 3. The molecule has 0 fully saturated rings. The number of hydrogen-bond acceptors (Lipinski definition) is 5. The highest BCUT2D eigenvalue weighted by Crippen LogP contribution is 1.85. The van der Waals surface area contributed by atoms with Crippen LogP contribution in [0.1, 0.15) is 19.8 Å². The minimum Gasteiger partial charge on any atom is -0.394 e. The molecule has 3 N–H and O–H groups in total. The summed E-state index contributed by atoms with van der Waals surface area (Å²) in [5, 5.41) is 24.4. The van der Waals surface area contributed by atoms with E-state index in [-0.39, 0.29) is 19.8 Å². The molecule has 0 aromatic heterocycles. The van der Waals surface area contributed by atoms with Crippen LogP contribution in [0.15, 0.2) is 0 Å². The molecule has 0 heterocycles. The smallest absolute Gasteiger partial charge is 0.0698 e. The Labute approximate surface area is 91.6 Å². The van der Waals surface area contributed by atoms with Crippen LogP contribution in [0.25, 0.3) is 0 Å². The summed E-state index contributed by atoms with van der Waals surface area (Å²) in [6, 6.07) is 0. The van der Waals surface area contributed by atoms with E-state index in [1.54, 1.807) is 0 Å². The fraction of sp³-hybridized carbons (Fsp3) is 1.00. The number of aliphatic hydroxyl groups excluding tert-OH is 3. The molecule has 94 valence electrons. The predicted molar refractivity (Wildman–Crippen MR) is 57.8 cm³/mol. The molecule has 0 atom stereocenters. The van der Waals surface area contributed by atoms with Gasteiger partial charge in [-0.05, 0) is 6.42 Å². The van der Waals surface area contributed by atoms with Gasteiger partial charge in [-0.1, -0.05) is 13.3 Å². The summed E-state index contributed by atoms with van der Waals surface area (Å²) in [4.78, 5) is 0. The largest absolute Gasteiger partial charge is 0.394 e. The number of unbranched alkanes of at least 4 members (excludes halogenated alkanes) is 1. The Morgan fingerprint density at radius 1 is 0.733 bits per heavy atom. The molecule has 0 unspecified atom stereocenters. The SMILES string of the molecule is CCCCOCCO.OCCOCCO. The lowest BCUT2D eigenvalue weighted by Crippen LogP contribution is -2.03. The van der Waals surface area contributed by atoms with Gasteiger partial charge in [0.2, 0.25) is 0 Å². The van der Waals surface area contributed by atoms with E-state index in [2.05, 4.69) is 11.7 Å². The van der Waals surface area contributed by atoms with Crippen molar-refractivity contribution < 1.29 is 24.8 Å². The van der Waals surface area contributed by atoms with Crippen molar-refractivity contribution in [1.82, 2.24) is 0 Å². The first-order valence-corrected chi connectivity index (χ1v) is 5.31. The molecule has 5 heteroatoms. The van der Waals surface area contributed by atoms with Gasteiger partial charge in [0.15, 0.2) is 0 Å². The molecular weight excluding hydrogens is 200 g/mol. The Morgan fingerprint density at radius 3 is 1.47 bits per heavy atom. The Bertz CT molecular complexity index is 79.9. The molecule has 0 saturated carbocycles. The molecule has 5 nitrogen and oxygen atoms in total. The van der Waals surface area contributed by atoms with Crippen LogP contribution < -0.4 is 0 Å². The number of rotatable bonds is 9. The third-order valence-electron chi connectivity index (χ3n) is 1.35. The van der Waals surface area contributed by atoms with Crippen LogP contribution in [-0.4, -0.2) is 61.6 Å². The monoisotopic (exact) mass is 224 g/mol. The Hall–Kier alpha value is -0.200. The topological polar surface area (TPSA) is 79.2 Å². The molecule has 0 aromatic rings. The van der Waals surface area contributed by atoms with Gasteiger partial charge in [0.05, 0.1) is 39.6 Å². The lowest BCUT2D eigenvalue weighted by Gasteiger charge is -1.97. The van der Waals surface area contributed by atoms with Gasteiger partial charge in [-0.15, -0.1) is 0 Å². The van der Waals surface area contributed by atoms with Crippen molar-refractivity contribution in [2.75, 3.05) is 46.2 Å². The molecule has 0 aliphatic heterocycles. The third-order valence-corrected chi connectivity index (χ3v) is 1.35. The highest BCUT2D eigenvalue weighted by atomic mass is 16.5. The first-order chi connectivity index (χ1) is 7.33. The van der Waals surface area contributed by atoms with Crippen LogP contribution in [0.5, 0.6) is 0 Å². The van der Waals surface area contributed by atoms with Gasteiger partial charge in [0.25, 0.3) is 0 Å². The summed E-state index contributed by atoms with van der Waals surface area (Å²) >= 11 is 0. The number of aliphatic hydroxyl groups is 3. The van der Waals surface area contributed by atoms with Crippen molar-refractivity contribution in [3.05, 3.63) is 0 Å². The first-order valence-electron chi connectivity index (χ1n) is 5.31. The van der Waals surface area contributed by atoms with Crippen LogP contribution in [0.2, 0.25) is 0 Å². The minimum atomic E-state index is 0.0278. The fourth-order valence-electron chi connectivity index (χ4n) is 0.644. The summed E-state index contributed by atoms with van der Waals surface area (Å²) < 4.78 is 9.61. The maximum atomic E-state index is 8.24. The maximum absolute atomic E-state index is 8.24. The zero-order valence-electron chi connectivity index (χ0n) is 9.52. The highest BCUT2D eigenvalue weighted by molar-refractivity contribution is 4.30. The van der Waals surface area contributed by atoms with Gasteiger partial charge >= 0.3 is 0 Å². The summed E-state index contributed by atoms with van der Waals surface area (Å²) in [5.74, 6) is 0. The minimum absolute atomic E-state index is 0.0278. The molecule has 0 aliphatic rings. The Morgan fingerprint density at radius 2 is 1.13 bits per heavy atom.